The van der Waals surface area contributed by atoms with E-state index >= 15 is 0 Å². The first-order valence-corrected chi connectivity index (χ1v) is 6.01. The highest BCUT2D eigenvalue weighted by Crippen LogP contribution is 2.14. The third-order valence-electron chi connectivity index (χ3n) is 2.83. The standard InChI is InChI=1S/C11H21F3N2O/c1-16-5-3-10(8-16)7-15-4-2-6-17-9-11(12,13)14/h10,15H,2-9H2,1H3. The molecule has 102 valence electrons. The first-order chi connectivity index (χ1) is 7.97. The topological polar surface area (TPSA) is 24.5 Å². The van der Waals surface area contributed by atoms with Gasteiger partial charge in [0.05, 0.1) is 0 Å². The van der Waals surface area contributed by atoms with Crippen LogP contribution >= 0.6 is 0 Å². The molecule has 1 aliphatic rings. The van der Waals surface area contributed by atoms with Crippen molar-refractivity contribution >= 4 is 0 Å². The molecule has 0 aromatic heterocycles. The first kappa shape index (κ1) is 14.7. The van der Waals surface area contributed by atoms with Gasteiger partial charge in [0, 0.05) is 13.2 Å². The number of hydrogen-bond acceptors (Lipinski definition) is 3. The molecule has 0 spiro atoms. The molecule has 1 rings (SSSR count). The maximum atomic E-state index is 11.7. The Kier molecular flexibility index (Phi) is 6.22. The molecule has 17 heavy (non-hydrogen) atoms. The summed E-state index contributed by atoms with van der Waals surface area (Å²) >= 11 is 0. The van der Waals surface area contributed by atoms with Crippen LogP contribution in [0.3, 0.4) is 0 Å². The van der Waals surface area contributed by atoms with E-state index < -0.39 is 12.8 Å². The summed E-state index contributed by atoms with van der Waals surface area (Å²) in [5, 5.41) is 3.26. The van der Waals surface area contributed by atoms with E-state index in [1.807, 2.05) is 0 Å². The van der Waals surface area contributed by atoms with Gasteiger partial charge >= 0.3 is 6.18 Å². The number of likely N-dealkylation sites (tertiary alicyclic amines) is 1. The van der Waals surface area contributed by atoms with Crippen LogP contribution in [0.5, 0.6) is 0 Å². The van der Waals surface area contributed by atoms with E-state index in [-0.39, 0.29) is 6.61 Å². The summed E-state index contributed by atoms with van der Waals surface area (Å²) < 4.78 is 39.7. The van der Waals surface area contributed by atoms with Crippen molar-refractivity contribution in [2.24, 2.45) is 5.92 Å². The van der Waals surface area contributed by atoms with Gasteiger partial charge in [0.2, 0.25) is 0 Å². The summed E-state index contributed by atoms with van der Waals surface area (Å²) in [6.07, 6.45) is -2.38. The van der Waals surface area contributed by atoms with E-state index in [0.29, 0.717) is 12.3 Å². The molecular weight excluding hydrogens is 233 g/mol. The molecule has 0 amide bonds. The Morgan fingerprint density at radius 3 is 2.76 bits per heavy atom. The molecule has 0 radical (unpaired) electrons. The normalized spacial score (nSPS) is 22.2. The molecule has 0 aliphatic carbocycles. The van der Waals surface area contributed by atoms with Crippen LogP contribution in [-0.2, 0) is 4.74 Å². The predicted octanol–water partition coefficient (Wildman–Crippen LogP) is 1.50. The zero-order valence-electron chi connectivity index (χ0n) is 10.2. The van der Waals surface area contributed by atoms with Gasteiger partial charge < -0.3 is 15.0 Å². The number of halogens is 3. The van der Waals surface area contributed by atoms with E-state index in [1.165, 1.54) is 6.42 Å². The fourth-order valence-electron chi connectivity index (χ4n) is 1.99. The fraction of sp³-hybridized carbons (Fsp3) is 1.00. The van der Waals surface area contributed by atoms with E-state index in [2.05, 4.69) is 22.0 Å². The molecular formula is C11H21F3N2O. The lowest BCUT2D eigenvalue weighted by Crippen LogP contribution is -2.26. The maximum absolute atomic E-state index is 11.7. The van der Waals surface area contributed by atoms with Gasteiger partial charge in [-0.25, -0.2) is 0 Å². The third kappa shape index (κ3) is 7.57. The van der Waals surface area contributed by atoms with Crippen molar-refractivity contribution in [1.82, 2.24) is 10.2 Å². The second kappa shape index (κ2) is 7.18. The van der Waals surface area contributed by atoms with Gasteiger partial charge in [-0.05, 0) is 45.4 Å². The smallest absolute Gasteiger partial charge is 0.372 e. The largest absolute Gasteiger partial charge is 0.411 e. The molecule has 1 atom stereocenters. The van der Waals surface area contributed by atoms with E-state index in [4.69, 9.17) is 0 Å². The quantitative estimate of drug-likeness (QED) is 0.697. The molecule has 1 unspecified atom stereocenters. The molecule has 6 heteroatoms. The average Bonchev–Trinajstić information content (AvgIpc) is 2.61. The highest BCUT2D eigenvalue weighted by Gasteiger charge is 2.27. The third-order valence-corrected chi connectivity index (χ3v) is 2.83. The van der Waals surface area contributed by atoms with Gasteiger partial charge in [-0.15, -0.1) is 0 Å². The second-order valence-electron chi connectivity index (χ2n) is 4.64. The Morgan fingerprint density at radius 1 is 1.41 bits per heavy atom. The molecule has 1 saturated heterocycles. The van der Waals surface area contributed by atoms with Crippen molar-refractivity contribution in [3.05, 3.63) is 0 Å². The summed E-state index contributed by atoms with van der Waals surface area (Å²) in [6.45, 7) is 2.94. The zero-order chi connectivity index (χ0) is 12.7. The SMILES string of the molecule is CN1CCC(CNCCCOCC(F)(F)F)C1. The van der Waals surface area contributed by atoms with Crippen molar-refractivity contribution in [2.45, 2.75) is 19.0 Å². The Balaban J connectivity index is 1.85. The number of alkyl halides is 3. The van der Waals surface area contributed by atoms with E-state index in [1.54, 1.807) is 0 Å². The summed E-state index contributed by atoms with van der Waals surface area (Å²) in [6, 6.07) is 0. The highest BCUT2D eigenvalue weighted by atomic mass is 19.4. The molecule has 0 aromatic rings. The molecule has 1 heterocycles. The lowest BCUT2D eigenvalue weighted by atomic mass is 10.1. The van der Waals surface area contributed by atoms with Gasteiger partial charge in [-0.2, -0.15) is 13.2 Å². The van der Waals surface area contributed by atoms with Crippen molar-refractivity contribution in [2.75, 3.05) is 46.4 Å². The summed E-state index contributed by atoms with van der Waals surface area (Å²) in [7, 11) is 2.10. The first-order valence-electron chi connectivity index (χ1n) is 6.01. The number of ether oxygens (including phenoxy) is 1. The van der Waals surface area contributed by atoms with E-state index in [9.17, 15) is 13.2 Å². The monoisotopic (exact) mass is 254 g/mol. The minimum atomic E-state index is -4.21. The van der Waals surface area contributed by atoms with Crippen molar-refractivity contribution in [1.29, 1.82) is 0 Å². The molecule has 3 nitrogen and oxygen atoms in total. The Morgan fingerprint density at radius 2 is 2.18 bits per heavy atom. The number of nitrogens with zero attached hydrogens (tertiary/aromatic N) is 1. The highest BCUT2D eigenvalue weighted by molar-refractivity contribution is 4.74. The Hall–Kier alpha value is -0.330. The van der Waals surface area contributed by atoms with Gasteiger partial charge in [0.25, 0.3) is 0 Å². The maximum Gasteiger partial charge on any atom is 0.411 e. The van der Waals surface area contributed by atoms with Crippen LogP contribution < -0.4 is 5.32 Å². The van der Waals surface area contributed by atoms with Crippen LogP contribution in [0.2, 0.25) is 0 Å². The molecule has 0 saturated carbocycles. The second-order valence-corrected chi connectivity index (χ2v) is 4.64. The van der Waals surface area contributed by atoms with Crippen LogP contribution in [0.1, 0.15) is 12.8 Å². The van der Waals surface area contributed by atoms with Crippen LogP contribution in [0.15, 0.2) is 0 Å². The molecule has 1 aliphatic heterocycles. The minimum Gasteiger partial charge on any atom is -0.372 e. The van der Waals surface area contributed by atoms with Crippen LogP contribution in [0.25, 0.3) is 0 Å². The minimum absolute atomic E-state index is 0.164. The van der Waals surface area contributed by atoms with Gasteiger partial charge in [-0.1, -0.05) is 0 Å². The zero-order valence-corrected chi connectivity index (χ0v) is 10.2. The Labute approximate surface area is 100 Å². The Bertz CT molecular complexity index is 211. The predicted molar refractivity (Wildman–Crippen MR) is 60.0 cm³/mol. The molecule has 0 bridgehead atoms. The summed E-state index contributed by atoms with van der Waals surface area (Å²) in [5.74, 6) is 0.677. The summed E-state index contributed by atoms with van der Waals surface area (Å²) in [5.41, 5.74) is 0. The number of hydrogen-bond donors (Lipinski definition) is 1. The number of rotatable bonds is 7. The van der Waals surface area contributed by atoms with Crippen LogP contribution in [0.4, 0.5) is 13.2 Å². The van der Waals surface area contributed by atoms with Crippen LogP contribution in [0, 0.1) is 5.92 Å². The lowest BCUT2D eigenvalue weighted by Gasteiger charge is -2.12. The van der Waals surface area contributed by atoms with Gasteiger partial charge in [0.15, 0.2) is 0 Å². The molecule has 1 N–H and O–H groups in total. The van der Waals surface area contributed by atoms with E-state index in [0.717, 1.165) is 26.2 Å². The fourth-order valence-corrected chi connectivity index (χ4v) is 1.99. The van der Waals surface area contributed by atoms with Crippen molar-refractivity contribution < 1.29 is 17.9 Å². The molecule has 0 aromatic carbocycles. The lowest BCUT2D eigenvalue weighted by molar-refractivity contribution is -0.173. The van der Waals surface area contributed by atoms with Gasteiger partial charge in [0.1, 0.15) is 6.61 Å². The van der Waals surface area contributed by atoms with Gasteiger partial charge in [-0.3, -0.25) is 0 Å². The van der Waals surface area contributed by atoms with Crippen molar-refractivity contribution in [3.63, 3.8) is 0 Å². The van der Waals surface area contributed by atoms with Crippen molar-refractivity contribution in [3.8, 4) is 0 Å². The van der Waals surface area contributed by atoms with Crippen LogP contribution in [-0.4, -0.2) is 57.5 Å². The average molecular weight is 254 g/mol. The number of nitrogens with one attached hydrogen (secondary N) is 1. The summed E-state index contributed by atoms with van der Waals surface area (Å²) in [4.78, 5) is 2.29. The molecule has 1 fully saturated rings.